The Bertz CT molecular complexity index is 136. The fourth-order valence-electron chi connectivity index (χ4n) is 1.37. The van der Waals surface area contributed by atoms with Crippen LogP contribution in [0.25, 0.3) is 0 Å². The molecule has 0 aromatic rings. The molecule has 0 aliphatic rings. The van der Waals surface area contributed by atoms with E-state index in [0.717, 1.165) is 12.8 Å². The number of halogens is 2. The van der Waals surface area contributed by atoms with Crippen LogP contribution in [-0.2, 0) is 9.47 Å². The highest BCUT2D eigenvalue weighted by Gasteiger charge is 2.35. The quantitative estimate of drug-likeness (QED) is 0.379. The molecule has 0 aliphatic carbocycles. The molecule has 14 heavy (non-hydrogen) atoms. The molecule has 0 atom stereocenters. The molecule has 0 rings (SSSR count). The molecular weight excluding hydrogens is 312 g/mol. The van der Waals surface area contributed by atoms with Crippen LogP contribution in [0.1, 0.15) is 39.0 Å². The van der Waals surface area contributed by atoms with Crippen molar-refractivity contribution in [3.63, 3.8) is 0 Å². The van der Waals surface area contributed by atoms with Crippen molar-refractivity contribution in [2.45, 2.75) is 48.6 Å². The van der Waals surface area contributed by atoms with Crippen molar-refractivity contribution in [2.24, 2.45) is 0 Å². The molecular formula is C10H20Br2O2. The standard InChI is InChI=1S/C10H20Br2O2/c1-4-5-6-7-8-10(13-2,14-3)9(11)12/h9H,4-8H2,1-3H3. The lowest BCUT2D eigenvalue weighted by molar-refractivity contribution is -0.197. The molecule has 0 N–H and O–H groups in total. The summed E-state index contributed by atoms with van der Waals surface area (Å²) in [5, 5.41) is 0. The maximum Gasteiger partial charge on any atom is 0.190 e. The van der Waals surface area contributed by atoms with E-state index in [1.165, 1.54) is 19.3 Å². The van der Waals surface area contributed by atoms with Gasteiger partial charge in [-0.25, -0.2) is 0 Å². The Labute approximate surface area is 104 Å². The fraction of sp³-hybridized carbons (Fsp3) is 1.00. The summed E-state index contributed by atoms with van der Waals surface area (Å²) >= 11 is 6.91. The molecule has 0 radical (unpaired) electrons. The van der Waals surface area contributed by atoms with Crippen LogP contribution in [0.2, 0.25) is 0 Å². The molecule has 0 heterocycles. The average molecular weight is 332 g/mol. The molecule has 2 nitrogen and oxygen atoms in total. The summed E-state index contributed by atoms with van der Waals surface area (Å²) in [5.41, 5.74) is 0. The van der Waals surface area contributed by atoms with E-state index in [2.05, 4.69) is 38.8 Å². The second-order valence-corrected chi connectivity index (χ2v) is 6.39. The summed E-state index contributed by atoms with van der Waals surface area (Å²) in [6.45, 7) is 2.21. The van der Waals surface area contributed by atoms with E-state index in [0.29, 0.717) is 0 Å². The number of unbranched alkanes of at least 4 members (excludes halogenated alkanes) is 3. The molecule has 4 heteroatoms. The van der Waals surface area contributed by atoms with Gasteiger partial charge in [-0.3, -0.25) is 0 Å². The molecule has 0 fully saturated rings. The van der Waals surface area contributed by atoms with Gasteiger partial charge in [0.1, 0.15) is 3.74 Å². The molecule has 0 saturated heterocycles. The molecule has 0 bridgehead atoms. The minimum Gasteiger partial charge on any atom is -0.351 e. The zero-order chi connectivity index (χ0) is 11.0. The monoisotopic (exact) mass is 330 g/mol. The van der Waals surface area contributed by atoms with E-state index in [9.17, 15) is 0 Å². The van der Waals surface area contributed by atoms with Gasteiger partial charge in [-0.05, 0) is 6.42 Å². The first kappa shape index (κ1) is 14.9. The van der Waals surface area contributed by atoms with Crippen molar-refractivity contribution in [3.05, 3.63) is 0 Å². The van der Waals surface area contributed by atoms with Gasteiger partial charge in [-0.1, -0.05) is 58.0 Å². The van der Waals surface area contributed by atoms with E-state index in [1.807, 2.05) is 0 Å². The molecule has 86 valence electrons. The molecule has 0 aromatic carbocycles. The lowest BCUT2D eigenvalue weighted by Gasteiger charge is -2.32. The van der Waals surface area contributed by atoms with E-state index < -0.39 is 5.79 Å². The van der Waals surface area contributed by atoms with Crippen LogP contribution in [-0.4, -0.2) is 23.7 Å². The number of ether oxygens (including phenoxy) is 2. The molecule has 0 aliphatic heterocycles. The fourth-order valence-corrected chi connectivity index (χ4v) is 2.58. The smallest absolute Gasteiger partial charge is 0.190 e. The van der Waals surface area contributed by atoms with Gasteiger partial charge < -0.3 is 9.47 Å². The molecule has 0 spiro atoms. The minimum absolute atomic E-state index is 0.0270. The van der Waals surface area contributed by atoms with Gasteiger partial charge in [0.2, 0.25) is 0 Å². The first-order valence-electron chi connectivity index (χ1n) is 5.01. The van der Waals surface area contributed by atoms with Crippen LogP contribution < -0.4 is 0 Å². The van der Waals surface area contributed by atoms with Crippen molar-refractivity contribution in [2.75, 3.05) is 14.2 Å². The summed E-state index contributed by atoms with van der Waals surface area (Å²) in [4.78, 5) is 0. The summed E-state index contributed by atoms with van der Waals surface area (Å²) in [5.74, 6) is -0.534. The second kappa shape index (κ2) is 8.08. The van der Waals surface area contributed by atoms with Crippen LogP contribution in [0, 0.1) is 0 Å². The van der Waals surface area contributed by atoms with E-state index in [-0.39, 0.29) is 3.74 Å². The van der Waals surface area contributed by atoms with Crippen molar-refractivity contribution in [1.82, 2.24) is 0 Å². The topological polar surface area (TPSA) is 18.5 Å². The maximum atomic E-state index is 5.41. The second-order valence-electron chi connectivity index (χ2n) is 3.33. The summed E-state index contributed by atoms with van der Waals surface area (Å²) in [7, 11) is 3.36. The highest BCUT2D eigenvalue weighted by atomic mass is 79.9. The van der Waals surface area contributed by atoms with Gasteiger partial charge in [-0.15, -0.1) is 0 Å². The summed E-state index contributed by atoms with van der Waals surface area (Å²) < 4.78 is 10.9. The third kappa shape index (κ3) is 4.60. The zero-order valence-electron chi connectivity index (χ0n) is 9.19. The SMILES string of the molecule is CCCCCCC(OC)(OC)C(Br)Br. The van der Waals surface area contributed by atoms with Gasteiger partial charge in [0.25, 0.3) is 0 Å². The highest BCUT2D eigenvalue weighted by Crippen LogP contribution is 2.32. The maximum absolute atomic E-state index is 5.41. The third-order valence-corrected chi connectivity index (χ3v) is 3.80. The Morgan fingerprint density at radius 2 is 1.64 bits per heavy atom. The van der Waals surface area contributed by atoms with Gasteiger partial charge in [-0.2, -0.15) is 0 Å². The summed E-state index contributed by atoms with van der Waals surface area (Å²) in [6, 6.07) is 0. The van der Waals surface area contributed by atoms with E-state index in [4.69, 9.17) is 9.47 Å². The Hall–Kier alpha value is 0.880. The predicted octanol–water partition coefficient (Wildman–Crippen LogP) is 4.06. The van der Waals surface area contributed by atoms with E-state index in [1.54, 1.807) is 14.2 Å². The Morgan fingerprint density at radius 3 is 2.00 bits per heavy atom. The number of alkyl halides is 2. The van der Waals surface area contributed by atoms with Gasteiger partial charge in [0, 0.05) is 20.6 Å². The van der Waals surface area contributed by atoms with Gasteiger partial charge in [0.05, 0.1) is 0 Å². The lowest BCUT2D eigenvalue weighted by atomic mass is 10.1. The van der Waals surface area contributed by atoms with Crippen LogP contribution in [0.4, 0.5) is 0 Å². The van der Waals surface area contributed by atoms with Crippen LogP contribution >= 0.6 is 31.9 Å². The van der Waals surface area contributed by atoms with Crippen molar-refractivity contribution in [3.8, 4) is 0 Å². The number of hydrogen-bond donors (Lipinski definition) is 0. The van der Waals surface area contributed by atoms with Gasteiger partial charge in [0.15, 0.2) is 5.79 Å². The largest absolute Gasteiger partial charge is 0.351 e. The molecule has 0 aromatic heterocycles. The Morgan fingerprint density at radius 1 is 1.07 bits per heavy atom. The van der Waals surface area contributed by atoms with E-state index >= 15 is 0 Å². The van der Waals surface area contributed by atoms with Crippen LogP contribution in [0.5, 0.6) is 0 Å². The zero-order valence-corrected chi connectivity index (χ0v) is 12.4. The van der Waals surface area contributed by atoms with Crippen molar-refractivity contribution in [1.29, 1.82) is 0 Å². The lowest BCUT2D eigenvalue weighted by Crippen LogP contribution is -2.39. The number of hydrogen-bond acceptors (Lipinski definition) is 2. The molecule has 0 saturated carbocycles. The predicted molar refractivity (Wildman–Crippen MR) is 67.2 cm³/mol. The summed E-state index contributed by atoms with van der Waals surface area (Å²) in [6.07, 6.45) is 5.79. The van der Waals surface area contributed by atoms with Crippen LogP contribution in [0.3, 0.4) is 0 Å². The molecule has 0 amide bonds. The number of methoxy groups -OCH3 is 2. The van der Waals surface area contributed by atoms with Crippen LogP contribution in [0.15, 0.2) is 0 Å². The Kier molecular flexibility index (Phi) is 8.59. The number of rotatable bonds is 8. The third-order valence-electron chi connectivity index (χ3n) is 2.40. The molecule has 0 unspecified atom stereocenters. The average Bonchev–Trinajstić information content (AvgIpc) is 2.18. The first-order valence-corrected chi connectivity index (χ1v) is 6.84. The minimum atomic E-state index is -0.534. The van der Waals surface area contributed by atoms with Gasteiger partial charge >= 0.3 is 0 Å². The normalized spacial score (nSPS) is 12.4. The first-order chi connectivity index (χ1) is 6.63. The highest BCUT2D eigenvalue weighted by molar-refractivity contribution is 9.24. The Balaban J connectivity index is 3.95. The van der Waals surface area contributed by atoms with Crippen molar-refractivity contribution < 1.29 is 9.47 Å². The van der Waals surface area contributed by atoms with Crippen molar-refractivity contribution >= 4 is 31.9 Å².